The van der Waals surface area contributed by atoms with E-state index in [0.717, 1.165) is 29.5 Å². The van der Waals surface area contributed by atoms with Gasteiger partial charge < -0.3 is 10.4 Å². The fourth-order valence-corrected chi connectivity index (χ4v) is 3.26. The Balaban J connectivity index is 1.71. The van der Waals surface area contributed by atoms with E-state index in [1.165, 1.54) is 18.7 Å². The minimum absolute atomic E-state index is 0.000561. The van der Waals surface area contributed by atoms with Crippen molar-refractivity contribution < 1.29 is 14.7 Å². The van der Waals surface area contributed by atoms with Crippen LogP contribution < -0.4 is 10.9 Å². The summed E-state index contributed by atoms with van der Waals surface area (Å²) >= 11 is 0. The molecule has 0 aliphatic heterocycles. The molecule has 1 aliphatic carbocycles. The molecule has 7 nitrogen and oxygen atoms in total. The standard InChI is InChI=1S/C20H23N3O4/c1-12-4-3-5-14(8-12)9-16(15-6-7-15)22-17(24)11-23-19(25)18(20(26)27)13(2)10-21-23/h3-5,8,10,15-16H,6-7,9,11H2,1-2H3,(H,22,24)(H,26,27). The first-order valence-electron chi connectivity index (χ1n) is 9.00. The average Bonchev–Trinajstić information content (AvgIpc) is 3.42. The van der Waals surface area contributed by atoms with Crippen LogP contribution in [0.2, 0.25) is 0 Å². The Bertz CT molecular complexity index is 931. The number of aryl methyl sites for hydroxylation is 2. The molecule has 0 saturated heterocycles. The number of aromatic nitrogens is 2. The van der Waals surface area contributed by atoms with Crippen molar-refractivity contribution in [3.63, 3.8) is 0 Å². The second-order valence-corrected chi connectivity index (χ2v) is 7.18. The van der Waals surface area contributed by atoms with E-state index in [0.29, 0.717) is 5.92 Å². The van der Waals surface area contributed by atoms with Gasteiger partial charge in [0.2, 0.25) is 5.91 Å². The molecule has 1 atom stereocenters. The SMILES string of the molecule is Cc1cccc(CC(NC(=O)Cn2ncc(C)c(C(=O)O)c2=O)C2CC2)c1. The first-order valence-corrected chi connectivity index (χ1v) is 9.00. The smallest absolute Gasteiger partial charge is 0.341 e. The van der Waals surface area contributed by atoms with Crippen molar-refractivity contribution in [3.8, 4) is 0 Å². The van der Waals surface area contributed by atoms with Gasteiger partial charge in [0, 0.05) is 6.04 Å². The zero-order chi connectivity index (χ0) is 19.6. The fraction of sp³-hybridized carbons (Fsp3) is 0.400. The van der Waals surface area contributed by atoms with E-state index in [1.807, 2.05) is 25.1 Å². The lowest BCUT2D eigenvalue weighted by molar-refractivity contribution is -0.122. The molecule has 1 aromatic carbocycles. The monoisotopic (exact) mass is 369 g/mol. The van der Waals surface area contributed by atoms with Gasteiger partial charge in [-0.1, -0.05) is 29.8 Å². The minimum atomic E-state index is -1.32. The molecule has 3 rings (SSSR count). The summed E-state index contributed by atoms with van der Waals surface area (Å²) in [6.07, 6.45) is 4.17. The van der Waals surface area contributed by atoms with Crippen molar-refractivity contribution >= 4 is 11.9 Å². The number of nitrogens with zero attached hydrogens (tertiary/aromatic N) is 2. The number of carbonyl (C=O) groups excluding carboxylic acids is 1. The van der Waals surface area contributed by atoms with Crippen LogP contribution in [0.3, 0.4) is 0 Å². The molecule has 142 valence electrons. The second-order valence-electron chi connectivity index (χ2n) is 7.18. The van der Waals surface area contributed by atoms with Crippen molar-refractivity contribution in [3.05, 3.63) is 63.1 Å². The van der Waals surface area contributed by atoms with Gasteiger partial charge in [-0.15, -0.1) is 0 Å². The molecule has 2 N–H and O–H groups in total. The Labute approximate surface area is 157 Å². The number of benzene rings is 1. The maximum atomic E-state index is 12.5. The molecule has 1 aromatic heterocycles. The number of amides is 1. The van der Waals surface area contributed by atoms with Crippen molar-refractivity contribution in [2.24, 2.45) is 5.92 Å². The highest BCUT2D eigenvalue weighted by atomic mass is 16.4. The van der Waals surface area contributed by atoms with E-state index >= 15 is 0 Å². The van der Waals surface area contributed by atoms with Gasteiger partial charge in [-0.3, -0.25) is 9.59 Å². The highest BCUT2D eigenvalue weighted by Crippen LogP contribution is 2.34. The van der Waals surface area contributed by atoms with Crippen LogP contribution in [0.1, 0.15) is 39.9 Å². The summed E-state index contributed by atoms with van der Waals surface area (Å²) in [6, 6.07) is 8.18. The van der Waals surface area contributed by atoms with Crippen LogP contribution in [0.25, 0.3) is 0 Å². The summed E-state index contributed by atoms with van der Waals surface area (Å²) in [5, 5.41) is 16.1. The van der Waals surface area contributed by atoms with E-state index < -0.39 is 11.5 Å². The van der Waals surface area contributed by atoms with Crippen molar-refractivity contribution in [2.75, 3.05) is 0 Å². The summed E-state index contributed by atoms with van der Waals surface area (Å²) < 4.78 is 0.905. The highest BCUT2D eigenvalue weighted by molar-refractivity contribution is 5.88. The maximum Gasteiger partial charge on any atom is 0.341 e. The van der Waals surface area contributed by atoms with Gasteiger partial charge in [0.25, 0.3) is 5.56 Å². The molecule has 0 radical (unpaired) electrons. The summed E-state index contributed by atoms with van der Waals surface area (Å²) in [6.45, 7) is 3.24. The molecule has 1 amide bonds. The Morgan fingerprint density at radius 2 is 2.07 bits per heavy atom. The van der Waals surface area contributed by atoms with E-state index in [-0.39, 0.29) is 29.6 Å². The lowest BCUT2D eigenvalue weighted by atomic mass is 10.0. The van der Waals surface area contributed by atoms with Gasteiger partial charge in [0.15, 0.2) is 0 Å². The molecule has 0 spiro atoms. The zero-order valence-electron chi connectivity index (χ0n) is 15.4. The normalized spacial score (nSPS) is 14.6. The number of hydrogen-bond acceptors (Lipinski definition) is 4. The van der Waals surface area contributed by atoms with Crippen LogP contribution in [0.15, 0.2) is 35.3 Å². The van der Waals surface area contributed by atoms with E-state index in [1.54, 1.807) is 0 Å². The topological polar surface area (TPSA) is 101 Å². The third kappa shape index (κ3) is 4.61. The zero-order valence-corrected chi connectivity index (χ0v) is 15.4. The van der Waals surface area contributed by atoms with Crippen LogP contribution in [-0.2, 0) is 17.8 Å². The quantitative estimate of drug-likeness (QED) is 0.773. The second kappa shape index (κ2) is 7.73. The molecule has 1 saturated carbocycles. The average molecular weight is 369 g/mol. The minimum Gasteiger partial charge on any atom is -0.477 e. The van der Waals surface area contributed by atoms with Gasteiger partial charge in [-0.05, 0) is 50.2 Å². The fourth-order valence-electron chi connectivity index (χ4n) is 3.26. The Morgan fingerprint density at radius 1 is 1.33 bits per heavy atom. The molecule has 1 heterocycles. The molecule has 2 aromatic rings. The third-order valence-electron chi connectivity index (χ3n) is 4.82. The number of carboxylic acids is 1. The lowest BCUT2D eigenvalue weighted by Gasteiger charge is -2.19. The number of carbonyl (C=O) groups is 2. The highest BCUT2D eigenvalue weighted by Gasteiger charge is 2.32. The van der Waals surface area contributed by atoms with Crippen LogP contribution in [0, 0.1) is 19.8 Å². The molecule has 7 heteroatoms. The summed E-state index contributed by atoms with van der Waals surface area (Å²) in [5.74, 6) is -1.22. The van der Waals surface area contributed by atoms with Crippen LogP contribution >= 0.6 is 0 Å². The largest absolute Gasteiger partial charge is 0.477 e. The summed E-state index contributed by atoms with van der Waals surface area (Å²) in [7, 11) is 0. The molecule has 1 unspecified atom stereocenters. The molecule has 27 heavy (non-hydrogen) atoms. The van der Waals surface area contributed by atoms with Gasteiger partial charge in [0.05, 0.1) is 6.20 Å². The molecular formula is C20H23N3O4. The Morgan fingerprint density at radius 3 is 2.70 bits per heavy atom. The lowest BCUT2D eigenvalue weighted by Crippen LogP contribution is -2.42. The molecule has 1 fully saturated rings. The maximum absolute atomic E-state index is 12.5. The molecule has 1 aliphatic rings. The number of rotatable bonds is 7. The van der Waals surface area contributed by atoms with Gasteiger partial charge in [-0.2, -0.15) is 5.10 Å². The van der Waals surface area contributed by atoms with Gasteiger partial charge in [0.1, 0.15) is 12.1 Å². The van der Waals surface area contributed by atoms with E-state index in [2.05, 4.69) is 16.5 Å². The van der Waals surface area contributed by atoms with Crippen molar-refractivity contribution in [1.82, 2.24) is 15.1 Å². The first kappa shape index (κ1) is 18.8. The summed E-state index contributed by atoms with van der Waals surface area (Å²) in [5.41, 5.74) is 1.49. The van der Waals surface area contributed by atoms with Crippen molar-refractivity contribution in [1.29, 1.82) is 0 Å². The number of carboxylic acid groups (broad SMARTS) is 1. The Kier molecular flexibility index (Phi) is 5.39. The predicted octanol–water partition coefficient (Wildman–Crippen LogP) is 1.70. The number of hydrogen-bond donors (Lipinski definition) is 2. The molecule has 0 bridgehead atoms. The van der Waals surface area contributed by atoms with E-state index in [9.17, 15) is 19.5 Å². The van der Waals surface area contributed by atoms with E-state index in [4.69, 9.17) is 0 Å². The predicted molar refractivity (Wildman–Crippen MR) is 99.7 cm³/mol. The number of aromatic carboxylic acids is 1. The Hall–Kier alpha value is -2.96. The first-order chi connectivity index (χ1) is 12.8. The van der Waals surface area contributed by atoms with Crippen LogP contribution in [-0.4, -0.2) is 32.8 Å². The van der Waals surface area contributed by atoms with Crippen LogP contribution in [0.5, 0.6) is 0 Å². The van der Waals surface area contributed by atoms with Crippen molar-refractivity contribution in [2.45, 2.75) is 45.7 Å². The van der Waals surface area contributed by atoms with Gasteiger partial charge in [-0.25, -0.2) is 9.48 Å². The summed E-state index contributed by atoms with van der Waals surface area (Å²) in [4.78, 5) is 36.0. The van der Waals surface area contributed by atoms with Crippen LogP contribution in [0.4, 0.5) is 0 Å². The van der Waals surface area contributed by atoms with Gasteiger partial charge >= 0.3 is 5.97 Å². The third-order valence-corrected chi connectivity index (χ3v) is 4.82. The molecular weight excluding hydrogens is 346 g/mol. The number of nitrogens with one attached hydrogen (secondary N) is 1.